The number of hydrogen-bond donors (Lipinski definition) is 0. The van der Waals surface area contributed by atoms with Gasteiger partial charge in [0.1, 0.15) is 17.9 Å². The molecule has 3 aromatic rings. The molecule has 1 aromatic heterocycles. The van der Waals surface area contributed by atoms with Crippen LogP contribution in [0.1, 0.15) is 23.1 Å². The fourth-order valence-electron chi connectivity index (χ4n) is 2.66. The van der Waals surface area contributed by atoms with Crippen molar-refractivity contribution in [3.63, 3.8) is 0 Å². The molecule has 0 aliphatic heterocycles. The van der Waals surface area contributed by atoms with Crippen molar-refractivity contribution in [2.24, 2.45) is 0 Å². The predicted molar refractivity (Wildman–Crippen MR) is 106 cm³/mol. The molecular weight excluding hydrogens is 412 g/mol. The van der Waals surface area contributed by atoms with Gasteiger partial charge < -0.3 is 13.9 Å². The highest BCUT2D eigenvalue weighted by atomic mass is 79.9. The number of esters is 1. The zero-order valence-electron chi connectivity index (χ0n) is 15.1. The molecule has 0 atom stereocenters. The third-order valence-corrected chi connectivity index (χ3v) is 4.58. The van der Waals surface area contributed by atoms with E-state index in [2.05, 4.69) is 15.9 Å². The smallest absolute Gasteiger partial charge is 0.336 e. The van der Waals surface area contributed by atoms with Gasteiger partial charge in [0.15, 0.2) is 0 Å². The van der Waals surface area contributed by atoms with Crippen molar-refractivity contribution in [2.75, 3.05) is 6.61 Å². The molecule has 0 N–H and O–H groups in total. The molecule has 0 amide bonds. The molecule has 0 spiro atoms. The van der Waals surface area contributed by atoms with Gasteiger partial charge in [0, 0.05) is 21.5 Å². The van der Waals surface area contributed by atoms with Crippen molar-refractivity contribution in [1.82, 2.24) is 0 Å². The van der Waals surface area contributed by atoms with Crippen LogP contribution in [0.4, 0.5) is 0 Å². The molecule has 1 heterocycles. The van der Waals surface area contributed by atoms with Gasteiger partial charge in [-0.2, -0.15) is 0 Å². The summed E-state index contributed by atoms with van der Waals surface area (Å²) >= 11 is 3.34. The third kappa shape index (κ3) is 4.98. The molecule has 0 aliphatic rings. The standard InChI is InChI=1S/C21H19BrO5/c1-13-3-4-14(2)18(9-13)25-8-7-20(23)26-12-15-10-21(24)27-19-11-16(22)5-6-17(15)19/h3-6,9-11H,7-8,12H2,1-2H3. The summed E-state index contributed by atoms with van der Waals surface area (Å²) in [6.07, 6.45) is 0.123. The first kappa shape index (κ1) is 19.2. The van der Waals surface area contributed by atoms with E-state index in [1.165, 1.54) is 6.07 Å². The van der Waals surface area contributed by atoms with Crippen LogP contribution >= 0.6 is 15.9 Å². The van der Waals surface area contributed by atoms with Crippen LogP contribution in [0.5, 0.6) is 5.75 Å². The fraction of sp³-hybridized carbons (Fsp3) is 0.238. The van der Waals surface area contributed by atoms with Crippen LogP contribution in [0.2, 0.25) is 0 Å². The SMILES string of the molecule is Cc1ccc(C)c(OCCC(=O)OCc2cc(=O)oc3cc(Br)ccc23)c1. The maximum absolute atomic E-state index is 12.0. The normalized spacial score (nSPS) is 10.8. The first-order chi connectivity index (χ1) is 12.9. The Bertz CT molecular complexity index is 1040. The Morgan fingerprint density at radius 3 is 2.74 bits per heavy atom. The predicted octanol–water partition coefficient (Wildman–Crippen LogP) is 4.68. The quantitative estimate of drug-likeness (QED) is 0.419. The molecule has 0 unspecified atom stereocenters. The lowest BCUT2D eigenvalue weighted by Crippen LogP contribution is -2.11. The Kier molecular flexibility index (Phi) is 5.96. The summed E-state index contributed by atoms with van der Waals surface area (Å²) in [5.41, 5.74) is 2.69. The Hall–Kier alpha value is -2.60. The molecule has 2 aromatic carbocycles. The summed E-state index contributed by atoms with van der Waals surface area (Å²) in [6, 6.07) is 12.6. The van der Waals surface area contributed by atoms with Crippen LogP contribution in [-0.2, 0) is 16.1 Å². The first-order valence-corrected chi connectivity index (χ1v) is 9.29. The molecule has 0 saturated carbocycles. The summed E-state index contributed by atoms with van der Waals surface area (Å²) in [5, 5.41) is 0.734. The lowest BCUT2D eigenvalue weighted by atomic mass is 10.1. The molecule has 5 nitrogen and oxygen atoms in total. The van der Waals surface area contributed by atoms with Crippen LogP contribution in [0.25, 0.3) is 11.0 Å². The fourth-order valence-corrected chi connectivity index (χ4v) is 3.00. The van der Waals surface area contributed by atoms with E-state index in [9.17, 15) is 9.59 Å². The second kappa shape index (κ2) is 8.39. The van der Waals surface area contributed by atoms with Crippen LogP contribution in [0.3, 0.4) is 0 Å². The number of hydrogen-bond acceptors (Lipinski definition) is 5. The van der Waals surface area contributed by atoms with Crippen molar-refractivity contribution in [3.8, 4) is 5.75 Å². The second-order valence-corrected chi connectivity index (χ2v) is 7.17. The summed E-state index contributed by atoms with van der Waals surface area (Å²) in [5.74, 6) is 0.374. The summed E-state index contributed by atoms with van der Waals surface area (Å²) < 4.78 is 17.0. The number of ether oxygens (including phenoxy) is 2. The molecule has 0 saturated heterocycles. The third-order valence-electron chi connectivity index (χ3n) is 4.09. The van der Waals surface area contributed by atoms with E-state index in [-0.39, 0.29) is 25.6 Å². The molecule has 140 valence electrons. The molecule has 0 bridgehead atoms. The Morgan fingerprint density at radius 2 is 1.93 bits per heavy atom. The molecule has 3 rings (SSSR count). The van der Waals surface area contributed by atoms with Gasteiger partial charge >= 0.3 is 11.6 Å². The molecule has 27 heavy (non-hydrogen) atoms. The van der Waals surface area contributed by atoms with Crippen molar-refractivity contribution in [3.05, 3.63) is 74.0 Å². The molecule has 6 heteroatoms. The zero-order valence-corrected chi connectivity index (χ0v) is 16.7. The van der Waals surface area contributed by atoms with Crippen LogP contribution in [0, 0.1) is 13.8 Å². The van der Waals surface area contributed by atoms with Crippen LogP contribution < -0.4 is 10.4 Å². The van der Waals surface area contributed by atoms with Gasteiger partial charge in [-0.15, -0.1) is 0 Å². The Morgan fingerprint density at radius 1 is 1.11 bits per heavy atom. The molecule has 0 aliphatic carbocycles. The lowest BCUT2D eigenvalue weighted by molar-refractivity contribution is -0.145. The van der Waals surface area contributed by atoms with Gasteiger partial charge in [0.25, 0.3) is 0 Å². The zero-order chi connectivity index (χ0) is 19.4. The van der Waals surface area contributed by atoms with E-state index in [0.29, 0.717) is 11.1 Å². The topological polar surface area (TPSA) is 65.7 Å². The maximum Gasteiger partial charge on any atom is 0.336 e. The van der Waals surface area contributed by atoms with E-state index in [4.69, 9.17) is 13.9 Å². The highest BCUT2D eigenvalue weighted by Crippen LogP contribution is 2.22. The van der Waals surface area contributed by atoms with Crippen molar-refractivity contribution >= 4 is 32.9 Å². The van der Waals surface area contributed by atoms with Crippen LogP contribution in [0.15, 0.2) is 56.1 Å². The highest BCUT2D eigenvalue weighted by Gasteiger charge is 2.10. The van der Waals surface area contributed by atoms with Gasteiger partial charge in [0.05, 0.1) is 13.0 Å². The van der Waals surface area contributed by atoms with Crippen LogP contribution in [-0.4, -0.2) is 12.6 Å². The van der Waals surface area contributed by atoms with Crippen molar-refractivity contribution < 1.29 is 18.7 Å². The molecular formula is C21H19BrO5. The Balaban J connectivity index is 1.59. The number of benzene rings is 2. The second-order valence-electron chi connectivity index (χ2n) is 6.26. The maximum atomic E-state index is 12.0. The van der Waals surface area contributed by atoms with Gasteiger partial charge in [0.2, 0.25) is 0 Å². The monoisotopic (exact) mass is 430 g/mol. The van der Waals surface area contributed by atoms with Gasteiger partial charge in [-0.3, -0.25) is 4.79 Å². The first-order valence-electron chi connectivity index (χ1n) is 8.50. The van der Waals surface area contributed by atoms with E-state index < -0.39 is 5.63 Å². The minimum absolute atomic E-state index is 0.00599. The van der Waals surface area contributed by atoms with E-state index in [1.807, 2.05) is 44.2 Å². The molecule has 0 radical (unpaired) electrons. The van der Waals surface area contributed by atoms with E-state index in [1.54, 1.807) is 6.07 Å². The van der Waals surface area contributed by atoms with E-state index >= 15 is 0 Å². The average Bonchev–Trinajstić information content (AvgIpc) is 2.62. The van der Waals surface area contributed by atoms with Gasteiger partial charge in [-0.05, 0) is 49.2 Å². The van der Waals surface area contributed by atoms with Gasteiger partial charge in [-0.25, -0.2) is 4.79 Å². The minimum Gasteiger partial charge on any atom is -0.493 e. The number of fused-ring (bicyclic) bond motifs is 1. The average molecular weight is 431 g/mol. The number of halogens is 1. The van der Waals surface area contributed by atoms with Crippen molar-refractivity contribution in [1.29, 1.82) is 0 Å². The van der Waals surface area contributed by atoms with Crippen molar-refractivity contribution in [2.45, 2.75) is 26.9 Å². The summed E-state index contributed by atoms with van der Waals surface area (Å²) in [6.45, 7) is 4.18. The largest absolute Gasteiger partial charge is 0.493 e. The highest BCUT2D eigenvalue weighted by molar-refractivity contribution is 9.10. The minimum atomic E-state index is -0.482. The molecule has 0 fully saturated rings. The van der Waals surface area contributed by atoms with Gasteiger partial charge in [-0.1, -0.05) is 28.1 Å². The number of rotatable bonds is 6. The number of carbonyl (C=O) groups is 1. The summed E-state index contributed by atoms with van der Waals surface area (Å²) in [4.78, 5) is 23.7. The number of aryl methyl sites for hydroxylation is 2. The Labute approximate surface area is 165 Å². The lowest BCUT2D eigenvalue weighted by Gasteiger charge is -2.10. The summed E-state index contributed by atoms with van der Waals surface area (Å²) in [7, 11) is 0. The van der Waals surface area contributed by atoms with E-state index in [0.717, 1.165) is 26.7 Å². The number of carbonyl (C=O) groups excluding carboxylic acids is 1.